The second-order valence-corrected chi connectivity index (χ2v) is 4.52. The molecule has 0 atom stereocenters. The standard InChI is InChI=1S/C13H18O/c1-9(2)14-13-7-10(3)6-12(8-13)11-4-5-11/h6-9,11H,4-5H2,1-3H3. The van der Waals surface area contributed by atoms with Crippen molar-refractivity contribution >= 4 is 0 Å². The fourth-order valence-electron chi connectivity index (χ4n) is 1.77. The SMILES string of the molecule is Cc1cc(OC(C)C)cc(C2CC2)c1. The molecule has 76 valence electrons. The second-order valence-electron chi connectivity index (χ2n) is 4.52. The van der Waals surface area contributed by atoms with Crippen molar-refractivity contribution < 1.29 is 4.74 Å². The van der Waals surface area contributed by atoms with E-state index in [1.165, 1.54) is 24.0 Å². The highest BCUT2D eigenvalue weighted by molar-refractivity contribution is 5.37. The normalized spacial score (nSPS) is 16.0. The van der Waals surface area contributed by atoms with Crippen LogP contribution >= 0.6 is 0 Å². The van der Waals surface area contributed by atoms with E-state index in [0.29, 0.717) is 0 Å². The van der Waals surface area contributed by atoms with Crippen LogP contribution in [0.2, 0.25) is 0 Å². The lowest BCUT2D eigenvalue weighted by atomic mass is 10.1. The van der Waals surface area contributed by atoms with Crippen molar-refractivity contribution in [2.24, 2.45) is 0 Å². The van der Waals surface area contributed by atoms with Gasteiger partial charge in [-0.3, -0.25) is 0 Å². The molecule has 1 saturated carbocycles. The Balaban J connectivity index is 2.22. The van der Waals surface area contributed by atoms with Crippen LogP contribution in [0.4, 0.5) is 0 Å². The topological polar surface area (TPSA) is 9.23 Å². The predicted octanol–water partition coefficient (Wildman–Crippen LogP) is 3.66. The van der Waals surface area contributed by atoms with Crippen molar-refractivity contribution in [3.8, 4) is 5.75 Å². The Morgan fingerprint density at radius 1 is 1.21 bits per heavy atom. The Bertz CT molecular complexity index is 324. The third kappa shape index (κ3) is 2.28. The molecule has 0 spiro atoms. The van der Waals surface area contributed by atoms with Crippen molar-refractivity contribution in [3.63, 3.8) is 0 Å². The van der Waals surface area contributed by atoms with Gasteiger partial charge in [-0.1, -0.05) is 6.07 Å². The highest BCUT2D eigenvalue weighted by Gasteiger charge is 2.24. The van der Waals surface area contributed by atoms with E-state index in [2.05, 4.69) is 39.0 Å². The molecule has 0 bridgehead atoms. The van der Waals surface area contributed by atoms with E-state index < -0.39 is 0 Å². The van der Waals surface area contributed by atoms with Gasteiger partial charge in [-0.15, -0.1) is 0 Å². The maximum atomic E-state index is 5.71. The molecule has 1 aliphatic rings. The molecule has 14 heavy (non-hydrogen) atoms. The monoisotopic (exact) mass is 190 g/mol. The Morgan fingerprint density at radius 3 is 2.50 bits per heavy atom. The molecule has 0 unspecified atom stereocenters. The van der Waals surface area contributed by atoms with Crippen molar-refractivity contribution in [1.82, 2.24) is 0 Å². The summed E-state index contributed by atoms with van der Waals surface area (Å²) in [6, 6.07) is 6.60. The van der Waals surface area contributed by atoms with Crippen LogP contribution in [0.25, 0.3) is 0 Å². The number of rotatable bonds is 3. The summed E-state index contributed by atoms with van der Waals surface area (Å²) >= 11 is 0. The van der Waals surface area contributed by atoms with Crippen LogP contribution < -0.4 is 4.74 Å². The van der Waals surface area contributed by atoms with Crippen molar-refractivity contribution in [2.45, 2.75) is 45.6 Å². The maximum Gasteiger partial charge on any atom is 0.120 e. The van der Waals surface area contributed by atoms with Crippen LogP contribution in [-0.4, -0.2) is 6.10 Å². The average molecular weight is 190 g/mol. The quantitative estimate of drug-likeness (QED) is 0.706. The molecule has 0 heterocycles. The molecule has 0 saturated heterocycles. The first-order valence-corrected chi connectivity index (χ1v) is 5.43. The number of ether oxygens (including phenoxy) is 1. The molecule has 1 heteroatoms. The lowest BCUT2D eigenvalue weighted by Crippen LogP contribution is -2.05. The first kappa shape index (κ1) is 9.57. The number of hydrogen-bond donors (Lipinski definition) is 0. The fraction of sp³-hybridized carbons (Fsp3) is 0.538. The highest BCUT2D eigenvalue weighted by Crippen LogP contribution is 2.41. The largest absolute Gasteiger partial charge is 0.491 e. The molecule has 1 nitrogen and oxygen atoms in total. The molecule has 2 rings (SSSR count). The molecule has 1 aromatic carbocycles. The zero-order valence-corrected chi connectivity index (χ0v) is 9.21. The summed E-state index contributed by atoms with van der Waals surface area (Å²) < 4.78 is 5.71. The zero-order chi connectivity index (χ0) is 10.1. The van der Waals surface area contributed by atoms with E-state index >= 15 is 0 Å². The molecular weight excluding hydrogens is 172 g/mol. The smallest absolute Gasteiger partial charge is 0.120 e. The number of aryl methyl sites for hydroxylation is 1. The van der Waals surface area contributed by atoms with Crippen LogP contribution in [0.5, 0.6) is 5.75 Å². The van der Waals surface area contributed by atoms with Gasteiger partial charge in [0, 0.05) is 0 Å². The van der Waals surface area contributed by atoms with Crippen LogP contribution in [0, 0.1) is 6.92 Å². The average Bonchev–Trinajstić information content (AvgIpc) is 2.82. The predicted molar refractivity (Wildman–Crippen MR) is 58.9 cm³/mol. The Hall–Kier alpha value is -0.980. The molecule has 0 amide bonds. The van der Waals surface area contributed by atoms with E-state index in [1.807, 2.05) is 0 Å². The summed E-state index contributed by atoms with van der Waals surface area (Å²) in [5.41, 5.74) is 2.77. The molecule has 1 aliphatic carbocycles. The van der Waals surface area contributed by atoms with Gasteiger partial charge in [0.25, 0.3) is 0 Å². The van der Waals surface area contributed by atoms with Gasteiger partial charge in [0.2, 0.25) is 0 Å². The molecule has 0 aromatic heterocycles. The summed E-state index contributed by atoms with van der Waals surface area (Å²) in [6.07, 6.45) is 2.97. The molecule has 1 fully saturated rings. The van der Waals surface area contributed by atoms with Gasteiger partial charge in [0.1, 0.15) is 5.75 Å². The zero-order valence-electron chi connectivity index (χ0n) is 9.21. The van der Waals surface area contributed by atoms with Gasteiger partial charge >= 0.3 is 0 Å². The van der Waals surface area contributed by atoms with Crippen LogP contribution in [-0.2, 0) is 0 Å². The third-order valence-electron chi connectivity index (χ3n) is 2.49. The van der Waals surface area contributed by atoms with Crippen LogP contribution in [0.3, 0.4) is 0 Å². The first-order chi connectivity index (χ1) is 6.65. The van der Waals surface area contributed by atoms with E-state index in [1.54, 1.807) is 0 Å². The Kier molecular flexibility index (Phi) is 2.49. The molecule has 0 aliphatic heterocycles. The minimum absolute atomic E-state index is 0.267. The summed E-state index contributed by atoms with van der Waals surface area (Å²) in [7, 11) is 0. The summed E-state index contributed by atoms with van der Waals surface area (Å²) in [4.78, 5) is 0. The van der Waals surface area contributed by atoms with Gasteiger partial charge < -0.3 is 4.74 Å². The van der Waals surface area contributed by atoms with Gasteiger partial charge in [0.05, 0.1) is 6.10 Å². The van der Waals surface area contributed by atoms with Gasteiger partial charge in [-0.05, 0) is 62.8 Å². The summed E-state index contributed by atoms with van der Waals surface area (Å²) in [6.45, 7) is 6.28. The van der Waals surface area contributed by atoms with Gasteiger partial charge in [-0.25, -0.2) is 0 Å². The van der Waals surface area contributed by atoms with Crippen molar-refractivity contribution in [3.05, 3.63) is 29.3 Å². The molecule has 1 aromatic rings. The van der Waals surface area contributed by atoms with Crippen LogP contribution in [0.15, 0.2) is 18.2 Å². The first-order valence-electron chi connectivity index (χ1n) is 5.43. The minimum Gasteiger partial charge on any atom is -0.491 e. The van der Waals surface area contributed by atoms with E-state index in [0.717, 1.165) is 11.7 Å². The second kappa shape index (κ2) is 3.64. The van der Waals surface area contributed by atoms with E-state index in [4.69, 9.17) is 4.74 Å². The number of hydrogen-bond acceptors (Lipinski definition) is 1. The van der Waals surface area contributed by atoms with Crippen molar-refractivity contribution in [2.75, 3.05) is 0 Å². The van der Waals surface area contributed by atoms with E-state index in [-0.39, 0.29) is 6.10 Å². The van der Waals surface area contributed by atoms with Crippen molar-refractivity contribution in [1.29, 1.82) is 0 Å². The molecule has 0 radical (unpaired) electrons. The van der Waals surface area contributed by atoms with Crippen LogP contribution in [0.1, 0.15) is 43.7 Å². The Morgan fingerprint density at radius 2 is 1.93 bits per heavy atom. The van der Waals surface area contributed by atoms with E-state index in [9.17, 15) is 0 Å². The number of benzene rings is 1. The van der Waals surface area contributed by atoms with Gasteiger partial charge in [0.15, 0.2) is 0 Å². The fourth-order valence-corrected chi connectivity index (χ4v) is 1.77. The highest BCUT2D eigenvalue weighted by atomic mass is 16.5. The molecule has 0 N–H and O–H groups in total. The summed E-state index contributed by atoms with van der Waals surface area (Å²) in [5.74, 6) is 1.84. The Labute approximate surface area is 86.1 Å². The lowest BCUT2D eigenvalue weighted by molar-refractivity contribution is 0.242. The molecular formula is C13H18O. The lowest BCUT2D eigenvalue weighted by Gasteiger charge is -2.12. The summed E-state index contributed by atoms with van der Waals surface area (Å²) in [5, 5.41) is 0. The van der Waals surface area contributed by atoms with Gasteiger partial charge in [-0.2, -0.15) is 0 Å². The minimum atomic E-state index is 0.267. The third-order valence-corrected chi connectivity index (χ3v) is 2.49. The maximum absolute atomic E-state index is 5.71.